The standard InChI is InChI=1S/C13H9BrFN3O3S/c1-21-13-11(4-9(15)6-18-13)22(19,20)7-8-2-3-17-12(14)10(8)5-16/h2-4,6H,7H2,1H3. The third-order valence-electron chi connectivity index (χ3n) is 2.76. The summed E-state index contributed by atoms with van der Waals surface area (Å²) < 4.78 is 43.4. The fraction of sp³-hybridized carbons (Fsp3) is 0.154. The number of hydrogen-bond donors (Lipinski definition) is 0. The number of halogens is 2. The summed E-state index contributed by atoms with van der Waals surface area (Å²) >= 11 is 3.09. The van der Waals surface area contributed by atoms with Gasteiger partial charge in [-0.1, -0.05) is 0 Å². The molecule has 0 spiro atoms. The van der Waals surface area contributed by atoms with E-state index >= 15 is 0 Å². The predicted molar refractivity (Wildman–Crippen MR) is 78.3 cm³/mol. The molecule has 2 heterocycles. The van der Waals surface area contributed by atoms with E-state index in [0.717, 1.165) is 12.3 Å². The number of ether oxygens (including phenoxy) is 1. The molecule has 0 atom stereocenters. The van der Waals surface area contributed by atoms with Gasteiger partial charge in [0.05, 0.1) is 24.6 Å². The van der Waals surface area contributed by atoms with Crippen molar-refractivity contribution in [1.82, 2.24) is 9.97 Å². The Labute approximate surface area is 134 Å². The maximum Gasteiger partial charge on any atom is 0.232 e. The number of rotatable bonds is 4. The van der Waals surface area contributed by atoms with E-state index in [9.17, 15) is 12.8 Å². The molecule has 0 aromatic carbocycles. The summed E-state index contributed by atoms with van der Waals surface area (Å²) in [5.41, 5.74) is 0.352. The van der Waals surface area contributed by atoms with E-state index in [1.807, 2.05) is 6.07 Å². The van der Waals surface area contributed by atoms with Crippen molar-refractivity contribution in [3.05, 3.63) is 46.1 Å². The minimum atomic E-state index is -3.96. The lowest BCUT2D eigenvalue weighted by Crippen LogP contribution is -2.10. The Morgan fingerprint density at radius 2 is 2.18 bits per heavy atom. The Hall–Kier alpha value is -2.05. The topological polar surface area (TPSA) is 92.9 Å². The van der Waals surface area contributed by atoms with Crippen LogP contribution in [0.2, 0.25) is 0 Å². The highest BCUT2D eigenvalue weighted by Crippen LogP contribution is 2.27. The van der Waals surface area contributed by atoms with Crippen LogP contribution in [-0.4, -0.2) is 25.5 Å². The second-order valence-corrected chi connectivity index (χ2v) is 6.88. The molecule has 2 aromatic heterocycles. The normalized spacial score (nSPS) is 11.0. The van der Waals surface area contributed by atoms with Crippen LogP contribution in [0.5, 0.6) is 5.88 Å². The maximum absolute atomic E-state index is 13.3. The van der Waals surface area contributed by atoms with Crippen LogP contribution in [0.3, 0.4) is 0 Å². The van der Waals surface area contributed by atoms with Crippen LogP contribution in [0.1, 0.15) is 11.1 Å². The highest BCUT2D eigenvalue weighted by atomic mass is 79.9. The molecule has 114 valence electrons. The van der Waals surface area contributed by atoms with E-state index in [1.54, 1.807) is 0 Å². The molecule has 0 amide bonds. The van der Waals surface area contributed by atoms with Gasteiger partial charge in [0.1, 0.15) is 21.4 Å². The zero-order valence-corrected chi connectivity index (χ0v) is 13.6. The van der Waals surface area contributed by atoms with E-state index in [-0.39, 0.29) is 26.5 Å². The van der Waals surface area contributed by atoms with E-state index in [0.29, 0.717) is 0 Å². The Balaban J connectivity index is 2.52. The summed E-state index contributed by atoms with van der Waals surface area (Å²) in [6.07, 6.45) is 2.23. The summed E-state index contributed by atoms with van der Waals surface area (Å²) in [6.45, 7) is 0. The third-order valence-corrected chi connectivity index (χ3v) is 5.02. The largest absolute Gasteiger partial charge is 0.480 e. The Morgan fingerprint density at radius 1 is 1.45 bits per heavy atom. The average molecular weight is 386 g/mol. The van der Waals surface area contributed by atoms with Crippen LogP contribution in [0, 0.1) is 17.1 Å². The number of nitrogens with zero attached hydrogens (tertiary/aromatic N) is 3. The lowest BCUT2D eigenvalue weighted by molar-refractivity contribution is 0.382. The maximum atomic E-state index is 13.3. The van der Waals surface area contributed by atoms with Crippen molar-refractivity contribution in [1.29, 1.82) is 5.26 Å². The summed E-state index contributed by atoms with van der Waals surface area (Å²) in [5.74, 6) is -1.50. The Kier molecular flexibility index (Phi) is 4.73. The lowest BCUT2D eigenvalue weighted by atomic mass is 10.2. The lowest BCUT2D eigenvalue weighted by Gasteiger charge is -2.10. The van der Waals surface area contributed by atoms with Gasteiger partial charge in [-0.25, -0.2) is 22.8 Å². The van der Waals surface area contributed by atoms with Crippen molar-refractivity contribution in [3.8, 4) is 11.9 Å². The monoisotopic (exact) mass is 385 g/mol. The van der Waals surface area contributed by atoms with Crippen LogP contribution in [0.25, 0.3) is 0 Å². The molecule has 0 radical (unpaired) electrons. The van der Waals surface area contributed by atoms with Gasteiger partial charge in [-0.05, 0) is 33.6 Å². The summed E-state index contributed by atoms with van der Waals surface area (Å²) in [6, 6.07) is 4.14. The first kappa shape index (κ1) is 16.3. The zero-order chi connectivity index (χ0) is 16.3. The molecule has 2 aromatic rings. The van der Waals surface area contributed by atoms with Crippen LogP contribution in [-0.2, 0) is 15.6 Å². The molecule has 0 aliphatic heterocycles. The third kappa shape index (κ3) is 3.23. The molecule has 0 N–H and O–H groups in total. The van der Waals surface area contributed by atoms with Gasteiger partial charge in [-0.3, -0.25) is 0 Å². The molecule has 0 saturated heterocycles. The number of nitriles is 1. The van der Waals surface area contributed by atoms with Crippen LogP contribution in [0.4, 0.5) is 4.39 Å². The van der Waals surface area contributed by atoms with Crippen molar-refractivity contribution < 1.29 is 17.5 Å². The van der Waals surface area contributed by atoms with E-state index < -0.39 is 21.4 Å². The predicted octanol–water partition coefficient (Wildman–Crippen LogP) is 2.23. The fourth-order valence-corrected chi connectivity index (χ4v) is 3.74. The minimum Gasteiger partial charge on any atom is -0.480 e. The highest BCUT2D eigenvalue weighted by molar-refractivity contribution is 9.10. The fourth-order valence-electron chi connectivity index (χ4n) is 1.78. The second kappa shape index (κ2) is 6.37. The first-order valence-electron chi connectivity index (χ1n) is 5.85. The molecule has 0 saturated carbocycles. The van der Waals surface area contributed by atoms with Gasteiger partial charge in [-0.15, -0.1) is 0 Å². The molecule has 0 aliphatic rings. The first-order chi connectivity index (χ1) is 10.4. The smallest absolute Gasteiger partial charge is 0.232 e. The van der Waals surface area contributed by atoms with Crippen molar-refractivity contribution in [3.63, 3.8) is 0 Å². The van der Waals surface area contributed by atoms with Gasteiger partial charge in [-0.2, -0.15) is 5.26 Å². The number of aromatic nitrogens is 2. The quantitative estimate of drug-likeness (QED) is 0.749. The van der Waals surface area contributed by atoms with Crippen molar-refractivity contribution in [2.75, 3.05) is 7.11 Å². The zero-order valence-electron chi connectivity index (χ0n) is 11.2. The average Bonchev–Trinajstić information content (AvgIpc) is 2.47. The molecule has 0 bridgehead atoms. The van der Waals surface area contributed by atoms with E-state index in [2.05, 4.69) is 25.9 Å². The minimum absolute atomic E-state index is 0.106. The Bertz CT molecular complexity index is 865. The van der Waals surface area contributed by atoms with Crippen LogP contribution >= 0.6 is 15.9 Å². The molecule has 9 heteroatoms. The van der Waals surface area contributed by atoms with Gasteiger partial charge < -0.3 is 4.74 Å². The van der Waals surface area contributed by atoms with Crippen LogP contribution in [0.15, 0.2) is 34.0 Å². The highest BCUT2D eigenvalue weighted by Gasteiger charge is 2.24. The van der Waals surface area contributed by atoms with Gasteiger partial charge in [0.25, 0.3) is 0 Å². The molecule has 0 unspecified atom stereocenters. The van der Waals surface area contributed by atoms with Crippen molar-refractivity contribution in [2.45, 2.75) is 10.6 Å². The number of methoxy groups -OCH3 is 1. The second-order valence-electron chi connectivity index (χ2n) is 4.17. The molecular weight excluding hydrogens is 377 g/mol. The van der Waals surface area contributed by atoms with Crippen molar-refractivity contribution >= 4 is 25.8 Å². The molecule has 2 rings (SSSR count). The van der Waals surface area contributed by atoms with Gasteiger partial charge in [0.15, 0.2) is 9.84 Å². The number of pyridine rings is 2. The molecule has 6 nitrogen and oxygen atoms in total. The summed E-state index contributed by atoms with van der Waals surface area (Å²) in [4.78, 5) is 7.10. The van der Waals surface area contributed by atoms with Gasteiger partial charge in [0.2, 0.25) is 5.88 Å². The Morgan fingerprint density at radius 3 is 2.82 bits per heavy atom. The van der Waals surface area contributed by atoms with Crippen molar-refractivity contribution in [2.24, 2.45) is 0 Å². The van der Waals surface area contributed by atoms with E-state index in [4.69, 9.17) is 10.00 Å². The van der Waals surface area contributed by atoms with Gasteiger partial charge in [0, 0.05) is 6.20 Å². The van der Waals surface area contributed by atoms with Gasteiger partial charge >= 0.3 is 0 Å². The molecule has 0 fully saturated rings. The molecule has 22 heavy (non-hydrogen) atoms. The molecule has 0 aliphatic carbocycles. The van der Waals surface area contributed by atoms with Crippen LogP contribution < -0.4 is 4.74 Å². The van der Waals surface area contributed by atoms with E-state index in [1.165, 1.54) is 19.4 Å². The molecular formula is C13H9BrFN3O3S. The SMILES string of the molecule is COc1ncc(F)cc1S(=O)(=O)Cc1ccnc(Br)c1C#N. The summed E-state index contributed by atoms with van der Waals surface area (Å²) in [5, 5.41) is 9.10. The first-order valence-corrected chi connectivity index (χ1v) is 8.29. The summed E-state index contributed by atoms with van der Waals surface area (Å²) in [7, 11) is -2.72. The number of hydrogen-bond acceptors (Lipinski definition) is 6. The number of sulfone groups is 1.